The van der Waals surface area contributed by atoms with Crippen LogP contribution in [-0.4, -0.2) is 60.0 Å². The number of hydrogen-bond donors (Lipinski definition) is 2. The first-order valence-corrected chi connectivity index (χ1v) is 9.36. The molecule has 2 aromatic rings. The van der Waals surface area contributed by atoms with Crippen LogP contribution in [0.15, 0.2) is 29.5 Å². The molecule has 6 nitrogen and oxygen atoms in total. The summed E-state index contributed by atoms with van der Waals surface area (Å²) in [6, 6.07) is 4.15. The minimum absolute atomic E-state index is 0.826. The van der Waals surface area contributed by atoms with E-state index in [0.717, 1.165) is 43.4 Å². The van der Waals surface area contributed by atoms with Gasteiger partial charge in [-0.25, -0.2) is 4.98 Å². The smallest absolute Gasteiger partial charge is 0.191 e. The van der Waals surface area contributed by atoms with Crippen LogP contribution in [-0.2, 0) is 6.42 Å². The van der Waals surface area contributed by atoms with Crippen molar-refractivity contribution in [2.45, 2.75) is 32.6 Å². The molecule has 0 saturated carbocycles. The summed E-state index contributed by atoms with van der Waals surface area (Å²) < 4.78 is 2.09. The third kappa shape index (κ3) is 4.95. The van der Waals surface area contributed by atoms with E-state index < -0.39 is 0 Å². The van der Waals surface area contributed by atoms with Gasteiger partial charge in [0.25, 0.3) is 0 Å². The van der Waals surface area contributed by atoms with E-state index in [1.165, 1.54) is 37.9 Å². The van der Waals surface area contributed by atoms with Gasteiger partial charge in [0.1, 0.15) is 5.65 Å². The van der Waals surface area contributed by atoms with Gasteiger partial charge in [0, 0.05) is 45.5 Å². The molecule has 1 aliphatic heterocycles. The third-order valence-corrected chi connectivity index (χ3v) is 4.79. The van der Waals surface area contributed by atoms with Crippen LogP contribution in [0.25, 0.3) is 5.65 Å². The number of aromatic nitrogens is 2. The average Bonchev–Trinajstić information content (AvgIpc) is 3.06. The van der Waals surface area contributed by atoms with Gasteiger partial charge >= 0.3 is 0 Å². The van der Waals surface area contributed by atoms with Crippen LogP contribution >= 0.6 is 0 Å². The van der Waals surface area contributed by atoms with Crippen molar-refractivity contribution >= 4 is 11.6 Å². The Balaban J connectivity index is 1.40. The summed E-state index contributed by atoms with van der Waals surface area (Å²) in [5.74, 6) is 0.872. The van der Waals surface area contributed by atoms with Crippen LogP contribution < -0.4 is 10.6 Å². The number of piperidine rings is 1. The number of aryl methyl sites for hydroxylation is 1. The highest BCUT2D eigenvalue weighted by atomic mass is 15.2. The monoisotopic (exact) mass is 342 g/mol. The Bertz CT molecular complexity index is 699. The average molecular weight is 342 g/mol. The van der Waals surface area contributed by atoms with Crippen molar-refractivity contribution in [2.24, 2.45) is 4.99 Å². The molecular formula is C19H30N6. The molecule has 2 aromatic heterocycles. The van der Waals surface area contributed by atoms with E-state index >= 15 is 0 Å². The highest BCUT2D eigenvalue weighted by Gasteiger charge is 2.09. The van der Waals surface area contributed by atoms with E-state index in [1.807, 2.05) is 13.2 Å². The lowest BCUT2D eigenvalue weighted by molar-refractivity contribution is 0.232. The number of imidazole rings is 1. The van der Waals surface area contributed by atoms with E-state index in [2.05, 4.69) is 50.2 Å². The van der Waals surface area contributed by atoms with Crippen molar-refractivity contribution in [2.75, 3.05) is 39.8 Å². The van der Waals surface area contributed by atoms with E-state index in [1.54, 1.807) is 0 Å². The highest BCUT2D eigenvalue weighted by Crippen LogP contribution is 2.10. The van der Waals surface area contributed by atoms with Crippen LogP contribution in [0.1, 0.15) is 30.5 Å². The zero-order chi connectivity index (χ0) is 17.5. The van der Waals surface area contributed by atoms with E-state index in [9.17, 15) is 0 Å². The predicted octanol–water partition coefficient (Wildman–Crippen LogP) is 1.84. The second-order valence-electron chi connectivity index (χ2n) is 6.73. The summed E-state index contributed by atoms with van der Waals surface area (Å²) >= 11 is 0. The van der Waals surface area contributed by atoms with E-state index in [4.69, 9.17) is 4.98 Å². The van der Waals surface area contributed by atoms with Gasteiger partial charge in [0.2, 0.25) is 0 Å². The Morgan fingerprint density at radius 1 is 1.20 bits per heavy atom. The molecule has 3 heterocycles. The molecular weight excluding hydrogens is 312 g/mol. The molecule has 0 radical (unpaired) electrons. The predicted molar refractivity (Wildman–Crippen MR) is 103 cm³/mol. The number of pyridine rings is 1. The first kappa shape index (κ1) is 17.7. The maximum Gasteiger partial charge on any atom is 0.191 e. The van der Waals surface area contributed by atoms with Crippen LogP contribution in [0.4, 0.5) is 0 Å². The molecule has 1 fully saturated rings. The van der Waals surface area contributed by atoms with Gasteiger partial charge in [-0.05, 0) is 44.5 Å². The first-order chi connectivity index (χ1) is 12.3. The van der Waals surface area contributed by atoms with E-state index in [-0.39, 0.29) is 0 Å². The molecule has 1 saturated heterocycles. The number of hydrogen-bond acceptors (Lipinski definition) is 3. The fourth-order valence-corrected chi connectivity index (χ4v) is 3.37. The number of guanidine groups is 1. The van der Waals surface area contributed by atoms with Crippen molar-refractivity contribution in [3.8, 4) is 0 Å². The number of nitrogens with one attached hydrogen (secondary N) is 2. The molecule has 0 aromatic carbocycles. The summed E-state index contributed by atoms with van der Waals surface area (Å²) in [6.07, 6.45) is 9.10. The molecule has 0 unspecified atom stereocenters. The molecule has 0 spiro atoms. The topological polar surface area (TPSA) is 57.0 Å². The van der Waals surface area contributed by atoms with Crippen molar-refractivity contribution in [3.05, 3.63) is 35.8 Å². The number of likely N-dealkylation sites (tertiary alicyclic amines) is 1. The Hall–Kier alpha value is -2.08. The minimum Gasteiger partial charge on any atom is -0.356 e. The molecule has 1 aliphatic rings. The first-order valence-electron chi connectivity index (χ1n) is 9.36. The SMILES string of the molecule is CN=C(NCCc1cn2cccc(C)c2n1)NCCN1CCCCC1. The molecule has 2 N–H and O–H groups in total. The number of fused-ring (bicyclic) bond motifs is 1. The number of rotatable bonds is 6. The fourth-order valence-electron chi connectivity index (χ4n) is 3.37. The lowest BCUT2D eigenvalue weighted by Gasteiger charge is -2.26. The molecule has 0 aliphatic carbocycles. The summed E-state index contributed by atoms with van der Waals surface area (Å²) in [5.41, 5.74) is 3.35. The number of aliphatic imine (C=N–C) groups is 1. The Morgan fingerprint density at radius 3 is 2.76 bits per heavy atom. The normalized spacial score (nSPS) is 16.3. The molecule has 0 atom stereocenters. The van der Waals surface area contributed by atoms with Gasteiger partial charge in [-0.3, -0.25) is 4.99 Å². The molecule has 0 bridgehead atoms. The minimum atomic E-state index is 0.826. The van der Waals surface area contributed by atoms with Gasteiger partial charge in [0.05, 0.1) is 5.69 Å². The Morgan fingerprint density at radius 2 is 2.00 bits per heavy atom. The van der Waals surface area contributed by atoms with E-state index in [0.29, 0.717) is 0 Å². The zero-order valence-corrected chi connectivity index (χ0v) is 15.5. The van der Waals surface area contributed by atoms with Crippen molar-refractivity contribution in [3.63, 3.8) is 0 Å². The second-order valence-corrected chi connectivity index (χ2v) is 6.73. The highest BCUT2D eigenvalue weighted by molar-refractivity contribution is 5.79. The molecule has 6 heteroatoms. The quantitative estimate of drug-likeness (QED) is 0.621. The van der Waals surface area contributed by atoms with Crippen molar-refractivity contribution < 1.29 is 0 Å². The largest absolute Gasteiger partial charge is 0.356 e. The van der Waals surface area contributed by atoms with Gasteiger partial charge in [-0.15, -0.1) is 0 Å². The lowest BCUT2D eigenvalue weighted by atomic mass is 10.1. The van der Waals surface area contributed by atoms with Crippen molar-refractivity contribution in [1.29, 1.82) is 0 Å². The maximum absolute atomic E-state index is 4.71. The molecule has 25 heavy (non-hydrogen) atoms. The Kier molecular flexibility index (Phi) is 6.28. The third-order valence-electron chi connectivity index (χ3n) is 4.79. The van der Waals surface area contributed by atoms with Gasteiger partial charge in [-0.1, -0.05) is 12.5 Å². The summed E-state index contributed by atoms with van der Waals surface area (Å²) in [4.78, 5) is 11.6. The molecule has 136 valence electrons. The summed E-state index contributed by atoms with van der Waals surface area (Å²) in [5, 5.41) is 6.80. The van der Waals surface area contributed by atoms with Crippen molar-refractivity contribution in [1.82, 2.24) is 24.9 Å². The van der Waals surface area contributed by atoms with Crippen LogP contribution in [0.2, 0.25) is 0 Å². The van der Waals surface area contributed by atoms with Crippen LogP contribution in [0.5, 0.6) is 0 Å². The van der Waals surface area contributed by atoms with Crippen LogP contribution in [0, 0.1) is 6.92 Å². The molecule has 0 amide bonds. The second kappa shape index (κ2) is 8.85. The standard InChI is InChI=1S/C19H30N6/c1-16-7-6-13-25-15-17(23-18(16)25)8-9-21-19(20-2)22-10-14-24-11-4-3-5-12-24/h6-7,13,15H,3-5,8-12,14H2,1-2H3,(H2,20,21,22). The zero-order valence-electron chi connectivity index (χ0n) is 15.5. The Labute approximate surface area is 150 Å². The van der Waals surface area contributed by atoms with Gasteiger partial charge in [0.15, 0.2) is 5.96 Å². The van der Waals surface area contributed by atoms with Gasteiger partial charge in [-0.2, -0.15) is 0 Å². The lowest BCUT2D eigenvalue weighted by Crippen LogP contribution is -2.43. The van der Waals surface area contributed by atoms with Crippen LogP contribution in [0.3, 0.4) is 0 Å². The summed E-state index contributed by atoms with van der Waals surface area (Å²) in [7, 11) is 1.82. The molecule has 3 rings (SSSR count). The summed E-state index contributed by atoms with van der Waals surface area (Å²) in [6.45, 7) is 7.42. The van der Waals surface area contributed by atoms with Gasteiger partial charge < -0.3 is 19.9 Å². The maximum atomic E-state index is 4.71. The fraction of sp³-hybridized carbons (Fsp3) is 0.579. The number of nitrogens with zero attached hydrogens (tertiary/aromatic N) is 4.